The van der Waals surface area contributed by atoms with Crippen LogP contribution in [0, 0.1) is 0 Å². The molecule has 3 N–H and O–H groups in total. The Hall–Kier alpha value is -2.60. The Kier molecular flexibility index (Phi) is 9.44. The second kappa shape index (κ2) is 12.1. The van der Waals surface area contributed by atoms with E-state index in [1.54, 1.807) is 4.57 Å². The summed E-state index contributed by atoms with van der Waals surface area (Å²) in [6.07, 6.45) is 8.64. The van der Waals surface area contributed by atoms with E-state index in [0.717, 1.165) is 18.4 Å². The molecule has 0 unspecified atom stereocenters. The topological polar surface area (TPSA) is 94.5 Å². The van der Waals surface area contributed by atoms with Crippen molar-refractivity contribution in [1.29, 1.82) is 0 Å². The number of aromatic hydroxyl groups is 1. The van der Waals surface area contributed by atoms with Crippen LogP contribution in [0.4, 0.5) is 0 Å². The third-order valence-electron chi connectivity index (χ3n) is 4.91. The monoisotopic (exact) mass is 400 g/mol. The van der Waals surface area contributed by atoms with Crippen LogP contribution in [0.3, 0.4) is 0 Å². The summed E-state index contributed by atoms with van der Waals surface area (Å²) in [6.45, 7) is 2.79. The summed E-state index contributed by atoms with van der Waals surface area (Å²) < 4.78 is 7.14. The van der Waals surface area contributed by atoms with Crippen LogP contribution in [0.1, 0.15) is 56.7 Å². The molecule has 0 fully saturated rings. The van der Waals surface area contributed by atoms with E-state index < -0.39 is 17.4 Å². The van der Waals surface area contributed by atoms with Crippen molar-refractivity contribution in [2.75, 3.05) is 0 Å². The van der Waals surface area contributed by atoms with Gasteiger partial charge in [-0.05, 0) is 18.4 Å². The Bertz CT molecular complexity index is 817. The number of pyridine rings is 1. The first-order valence-electron chi connectivity index (χ1n) is 10.4. The van der Waals surface area contributed by atoms with Gasteiger partial charge in [-0.3, -0.25) is 9.59 Å². The van der Waals surface area contributed by atoms with E-state index in [0.29, 0.717) is 18.7 Å². The molecule has 0 radical (unpaired) electrons. The first-order chi connectivity index (χ1) is 14.0. The zero-order valence-electron chi connectivity index (χ0n) is 17.2. The Morgan fingerprint density at radius 1 is 1.14 bits per heavy atom. The third-order valence-corrected chi connectivity index (χ3v) is 4.91. The molecule has 2 aromatic rings. The lowest BCUT2D eigenvalue weighted by atomic mass is 10.1. The van der Waals surface area contributed by atoms with Crippen LogP contribution < -0.4 is 11.2 Å². The normalized spacial score (nSPS) is 11.9. The fraction of sp³-hybridized carbons (Fsp3) is 0.478. The van der Waals surface area contributed by atoms with Crippen LogP contribution in [-0.4, -0.2) is 21.7 Å². The van der Waals surface area contributed by atoms with Gasteiger partial charge in [0.05, 0.1) is 11.9 Å². The number of aryl methyl sites for hydroxylation is 1. The molecular formula is C23H32N2O4. The number of carbonyl (C=O) groups is 1. The van der Waals surface area contributed by atoms with Gasteiger partial charge in [-0.15, -0.1) is 0 Å². The van der Waals surface area contributed by atoms with Gasteiger partial charge in [-0.1, -0.05) is 69.4 Å². The highest BCUT2D eigenvalue weighted by molar-refractivity contribution is 5.75. The standard InChI is InChI=1S/C23H32N2O4/c1-2-3-4-5-6-10-13-25-16-22(27)21(26)15-19(25)17-29-23(28)20(24)14-18-11-8-7-9-12-18/h7-9,11-12,15-16,20,27H,2-6,10,13-14,17,24H2,1H3/t20-/m1/s1. The second-order valence-electron chi connectivity index (χ2n) is 7.38. The van der Waals surface area contributed by atoms with Crippen molar-refractivity contribution in [2.24, 2.45) is 5.73 Å². The fourth-order valence-electron chi connectivity index (χ4n) is 3.20. The molecule has 0 aliphatic heterocycles. The SMILES string of the molecule is CCCCCCCCn1cc(O)c(=O)cc1COC(=O)[C@H](N)Cc1ccccc1. The molecule has 0 saturated heterocycles. The van der Waals surface area contributed by atoms with Crippen molar-refractivity contribution < 1.29 is 14.6 Å². The molecule has 0 spiro atoms. The zero-order chi connectivity index (χ0) is 21.1. The second-order valence-corrected chi connectivity index (χ2v) is 7.38. The molecule has 6 nitrogen and oxygen atoms in total. The van der Waals surface area contributed by atoms with E-state index in [1.165, 1.54) is 37.9 Å². The minimum absolute atomic E-state index is 0.0489. The lowest BCUT2D eigenvalue weighted by Gasteiger charge is -2.16. The van der Waals surface area contributed by atoms with Crippen LogP contribution >= 0.6 is 0 Å². The number of nitrogens with zero attached hydrogens (tertiary/aromatic N) is 1. The minimum Gasteiger partial charge on any atom is -0.503 e. The minimum atomic E-state index is -0.770. The van der Waals surface area contributed by atoms with Crippen LogP contribution in [0.25, 0.3) is 0 Å². The third kappa shape index (κ3) is 7.74. The Morgan fingerprint density at radius 2 is 1.83 bits per heavy atom. The summed E-state index contributed by atoms with van der Waals surface area (Å²) in [5.41, 5.74) is 6.99. The van der Waals surface area contributed by atoms with Gasteiger partial charge < -0.3 is 20.1 Å². The maximum absolute atomic E-state index is 12.3. The maximum Gasteiger partial charge on any atom is 0.323 e. The van der Waals surface area contributed by atoms with Gasteiger partial charge in [0, 0.05) is 12.6 Å². The van der Waals surface area contributed by atoms with E-state index in [2.05, 4.69) is 6.92 Å². The molecule has 2 rings (SSSR count). The number of rotatable bonds is 12. The zero-order valence-corrected chi connectivity index (χ0v) is 17.2. The molecule has 0 aliphatic rings. The molecule has 1 aromatic carbocycles. The Balaban J connectivity index is 1.91. The van der Waals surface area contributed by atoms with Crippen LogP contribution in [0.5, 0.6) is 5.75 Å². The predicted octanol–water partition coefficient (Wildman–Crippen LogP) is 3.53. The van der Waals surface area contributed by atoms with Crippen molar-refractivity contribution in [1.82, 2.24) is 4.57 Å². The molecule has 0 amide bonds. The van der Waals surface area contributed by atoms with E-state index in [1.807, 2.05) is 30.3 Å². The van der Waals surface area contributed by atoms with Crippen molar-refractivity contribution in [3.05, 3.63) is 64.1 Å². The summed E-state index contributed by atoms with van der Waals surface area (Å²) in [6, 6.07) is 10.1. The van der Waals surface area contributed by atoms with E-state index >= 15 is 0 Å². The van der Waals surface area contributed by atoms with Gasteiger partial charge in [0.15, 0.2) is 5.75 Å². The molecule has 1 heterocycles. The molecule has 158 valence electrons. The summed E-state index contributed by atoms with van der Waals surface area (Å²) in [4.78, 5) is 24.1. The maximum atomic E-state index is 12.3. The summed E-state index contributed by atoms with van der Waals surface area (Å²) in [5, 5.41) is 9.77. The summed E-state index contributed by atoms with van der Waals surface area (Å²) in [5.74, 6) is -0.813. The first-order valence-corrected chi connectivity index (χ1v) is 10.4. The van der Waals surface area contributed by atoms with E-state index in [4.69, 9.17) is 10.5 Å². The van der Waals surface area contributed by atoms with Gasteiger partial charge in [-0.2, -0.15) is 0 Å². The van der Waals surface area contributed by atoms with Gasteiger partial charge >= 0.3 is 5.97 Å². The van der Waals surface area contributed by atoms with Gasteiger partial charge in [0.2, 0.25) is 5.43 Å². The number of carbonyl (C=O) groups excluding carboxylic acids is 1. The van der Waals surface area contributed by atoms with Gasteiger partial charge in [0.25, 0.3) is 0 Å². The molecule has 0 aliphatic carbocycles. The Labute approximate surface area is 172 Å². The molecule has 0 bridgehead atoms. The molecule has 1 atom stereocenters. The summed E-state index contributed by atoms with van der Waals surface area (Å²) in [7, 11) is 0. The average Bonchev–Trinajstić information content (AvgIpc) is 2.72. The number of aromatic nitrogens is 1. The summed E-state index contributed by atoms with van der Waals surface area (Å²) >= 11 is 0. The number of nitrogens with two attached hydrogens (primary N) is 1. The van der Waals surface area contributed by atoms with Crippen molar-refractivity contribution >= 4 is 5.97 Å². The highest BCUT2D eigenvalue weighted by atomic mass is 16.5. The van der Waals surface area contributed by atoms with E-state index in [9.17, 15) is 14.7 Å². The number of hydrogen-bond acceptors (Lipinski definition) is 5. The largest absolute Gasteiger partial charge is 0.503 e. The predicted molar refractivity (Wildman–Crippen MR) is 114 cm³/mol. The quantitative estimate of drug-likeness (QED) is 0.420. The lowest BCUT2D eigenvalue weighted by molar-refractivity contribution is -0.146. The molecule has 0 saturated carbocycles. The smallest absolute Gasteiger partial charge is 0.323 e. The van der Waals surface area contributed by atoms with Crippen molar-refractivity contribution in [2.45, 2.75) is 71.1 Å². The number of ether oxygens (including phenoxy) is 1. The molecular weight excluding hydrogens is 368 g/mol. The van der Waals surface area contributed by atoms with E-state index in [-0.39, 0.29) is 12.4 Å². The van der Waals surface area contributed by atoms with Crippen molar-refractivity contribution in [3.63, 3.8) is 0 Å². The number of hydrogen-bond donors (Lipinski definition) is 2. The highest BCUT2D eigenvalue weighted by Gasteiger charge is 2.17. The molecule has 6 heteroatoms. The molecule has 1 aromatic heterocycles. The van der Waals surface area contributed by atoms with Gasteiger partial charge in [0.1, 0.15) is 12.6 Å². The van der Waals surface area contributed by atoms with Crippen LogP contribution in [-0.2, 0) is 29.1 Å². The molecule has 29 heavy (non-hydrogen) atoms. The first kappa shape index (κ1) is 22.7. The van der Waals surface area contributed by atoms with Crippen molar-refractivity contribution in [3.8, 4) is 5.75 Å². The number of esters is 1. The highest BCUT2D eigenvalue weighted by Crippen LogP contribution is 2.12. The fourth-order valence-corrected chi connectivity index (χ4v) is 3.20. The Morgan fingerprint density at radius 3 is 2.55 bits per heavy atom. The number of benzene rings is 1. The van der Waals surface area contributed by atoms with Crippen LogP contribution in [0.15, 0.2) is 47.4 Å². The van der Waals surface area contributed by atoms with Crippen LogP contribution in [0.2, 0.25) is 0 Å². The average molecular weight is 401 g/mol. The van der Waals surface area contributed by atoms with Gasteiger partial charge in [-0.25, -0.2) is 0 Å². The lowest BCUT2D eigenvalue weighted by Crippen LogP contribution is -2.34. The number of unbranched alkanes of at least 4 members (excludes halogenated alkanes) is 5.